The lowest BCUT2D eigenvalue weighted by Crippen LogP contribution is -2.47. The third-order valence-electron chi connectivity index (χ3n) is 3.40. The lowest BCUT2D eigenvalue weighted by molar-refractivity contribution is -0.757. The van der Waals surface area contributed by atoms with Crippen molar-refractivity contribution in [2.75, 3.05) is 45.9 Å². The molecule has 0 radical (unpaired) electrons. The van der Waals surface area contributed by atoms with E-state index in [-0.39, 0.29) is 13.0 Å². The molecule has 1 N–H and O–H groups in total. The minimum absolute atomic E-state index is 0.0772. The molecule has 21 heavy (non-hydrogen) atoms. The molecule has 0 aromatic rings. The number of carbonyl (C=O) groups excluding carboxylic acids is 1. The lowest BCUT2D eigenvalue weighted by Gasteiger charge is -2.34. The predicted molar refractivity (Wildman–Crippen MR) is 72.3 cm³/mol. The van der Waals surface area contributed by atoms with Gasteiger partial charge < -0.3 is 19.7 Å². The van der Waals surface area contributed by atoms with Gasteiger partial charge in [-0.2, -0.15) is 0 Å². The minimum atomic E-state index is -1.36. The predicted octanol–water partition coefficient (Wildman–Crippen LogP) is -0.364. The van der Waals surface area contributed by atoms with Crippen LogP contribution >= 0.6 is 0 Å². The van der Waals surface area contributed by atoms with E-state index in [0.29, 0.717) is 12.8 Å². The van der Waals surface area contributed by atoms with Crippen molar-refractivity contribution in [1.29, 1.82) is 0 Å². The summed E-state index contributed by atoms with van der Waals surface area (Å²) in [5.41, 5.74) is 0. The number of hydrogen-bond donors (Lipinski definition) is 1. The number of carboxylic acid groups (broad SMARTS) is 1. The van der Waals surface area contributed by atoms with Gasteiger partial charge in [0.15, 0.2) is 0 Å². The van der Waals surface area contributed by atoms with Crippen molar-refractivity contribution >= 4 is 11.8 Å². The number of aliphatic carboxylic acids is 1. The monoisotopic (exact) mass is 303 g/mol. The smallest absolute Gasteiger partial charge is 0.372 e. The fraction of sp³-hybridized carbons (Fsp3) is 0.833. The van der Waals surface area contributed by atoms with Gasteiger partial charge in [0.05, 0.1) is 6.61 Å². The number of nitrogens with zero attached hydrogens (tertiary/aromatic N) is 3. The molecule has 1 aliphatic rings. The van der Waals surface area contributed by atoms with Crippen LogP contribution in [0.3, 0.4) is 0 Å². The van der Waals surface area contributed by atoms with Crippen LogP contribution in [0.2, 0.25) is 0 Å². The largest absolute Gasteiger partial charge is 0.476 e. The van der Waals surface area contributed by atoms with Crippen LogP contribution in [0.5, 0.6) is 0 Å². The van der Waals surface area contributed by atoms with Gasteiger partial charge >= 0.3 is 5.97 Å². The number of rotatable bonds is 10. The Morgan fingerprint density at radius 2 is 1.62 bits per heavy atom. The summed E-state index contributed by atoms with van der Waals surface area (Å²) in [4.78, 5) is 40.0. The fourth-order valence-corrected chi connectivity index (χ4v) is 2.23. The molecule has 0 atom stereocenters. The Hall–Kier alpha value is -1.74. The minimum Gasteiger partial charge on any atom is -0.476 e. The zero-order valence-electron chi connectivity index (χ0n) is 11.9. The van der Waals surface area contributed by atoms with Crippen LogP contribution in [0, 0.1) is 10.1 Å². The molecule has 0 spiro atoms. The summed E-state index contributed by atoms with van der Waals surface area (Å²) < 4.78 is 0. The second-order valence-corrected chi connectivity index (χ2v) is 4.93. The number of hydrogen-bond acceptors (Lipinski definition) is 7. The van der Waals surface area contributed by atoms with Gasteiger partial charge in [-0.25, -0.2) is 4.79 Å². The highest BCUT2D eigenvalue weighted by molar-refractivity contribution is 6.32. The highest BCUT2D eigenvalue weighted by Crippen LogP contribution is 2.04. The molecule has 0 amide bonds. The number of carboxylic acids is 1. The molecule has 1 saturated heterocycles. The average molecular weight is 303 g/mol. The van der Waals surface area contributed by atoms with Crippen molar-refractivity contribution in [2.24, 2.45) is 0 Å². The van der Waals surface area contributed by atoms with E-state index in [1.165, 1.54) is 0 Å². The van der Waals surface area contributed by atoms with Crippen molar-refractivity contribution < 1.29 is 24.6 Å². The van der Waals surface area contributed by atoms with Crippen LogP contribution in [0.25, 0.3) is 0 Å². The van der Waals surface area contributed by atoms with Gasteiger partial charge in [-0.3, -0.25) is 4.79 Å². The topological polar surface area (TPSA) is 113 Å². The molecule has 1 rings (SSSR count). The van der Waals surface area contributed by atoms with Crippen molar-refractivity contribution in [1.82, 2.24) is 9.80 Å². The SMILES string of the molecule is O=C(O)C(=O)CCCN1CCN(CCCO[N+](=O)[O-])CC1. The molecular weight excluding hydrogens is 282 g/mol. The lowest BCUT2D eigenvalue weighted by atomic mass is 10.2. The summed E-state index contributed by atoms with van der Waals surface area (Å²) in [6, 6.07) is 0. The van der Waals surface area contributed by atoms with Crippen LogP contribution in [0.1, 0.15) is 19.3 Å². The summed E-state index contributed by atoms with van der Waals surface area (Å²) in [6.07, 6.45) is 1.25. The highest BCUT2D eigenvalue weighted by Gasteiger charge is 2.17. The molecule has 0 saturated carbocycles. The first-order chi connectivity index (χ1) is 9.99. The van der Waals surface area contributed by atoms with Gasteiger partial charge in [0, 0.05) is 39.1 Å². The quantitative estimate of drug-likeness (QED) is 0.252. The van der Waals surface area contributed by atoms with Crippen LogP contribution in [0.4, 0.5) is 0 Å². The highest BCUT2D eigenvalue weighted by atomic mass is 16.9. The van der Waals surface area contributed by atoms with E-state index in [1.54, 1.807) is 0 Å². The second-order valence-electron chi connectivity index (χ2n) is 4.93. The summed E-state index contributed by atoms with van der Waals surface area (Å²) in [7, 11) is 0. The van der Waals surface area contributed by atoms with E-state index in [2.05, 4.69) is 14.6 Å². The standard InChI is InChI=1S/C12H21N3O6/c16-11(12(17)18)3-1-4-13-6-8-14(9-7-13)5-2-10-21-15(19)20/h1-10H2,(H,17,18). The second kappa shape index (κ2) is 9.24. The number of ketones is 1. The first-order valence-electron chi connectivity index (χ1n) is 6.97. The molecule has 0 unspecified atom stereocenters. The molecule has 120 valence electrons. The maximum atomic E-state index is 10.9. The van der Waals surface area contributed by atoms with Crippen LogP contribution in [-0.2, 0) is 14.4 Å². The summed E-state index contributed by atoms with van der Waals surface area (Å²) >= 11 is 0. The zero-order valence-corrected chi connectivity index (χ0v) is 11.9. The molecule has 9 nitrogen and oxygen atoms in total. The van der Waals surface area contributed by atoms with Crippen molar-refractivity contribution in [3.63, 3.8) is 0 Å². The van der Waals surface area contributed by atoms with Crippen LogP contribution in [0.15, 0.2) is 0 Å². The van der Waals surface area contributed by atoms with E-state index in [4.69, 9.17) is 5.11 Å². The Balaban J connectivity index is 2.05. The molecule has 0 aromatic carbocycles. The molecule has 0 aromatic heterocycles. The van der Waals surface area contributed by atoms with Crippen molar-refractivity contribution in [3.8, 4) is 0 Å². The van der Waals surface area contributed by atoms with Crippen LogP contribution in [-0.4, -0.2) is 77.6 Å². The number of piperazine rings is 1. The Bertz CT molecular complexity index is 368. The van der Waals surface area contributed by atoms with Gasteiger partial charge in [-0.15, -0.1) is 10.1 Å². The number of carbonyl (C=O) groups is 2. The maximum absolute atomic E-state index is 10.9. The molecule has 0 aliphatic carbocycles. The fourth-order valence-electron chi connectivity index (χ4n) is 2.23. The van der Waals surface area contributed by atoms with Gasteiger partial charge in [-0.05, 0) is 19.4 Å². The molecule has 1 heterocycles. The first kappa shape index (κ1) is 17.3. The first-order valence-corrected chi connectivity index (χ1v) is 6.97. The van der Waals surface area contributed by atoms with E-state index < -0.39 is 16.8 Å². The van der Waals surface area contributed by atoms with Crippen LogP contribution < -0.4 is 0 Å². The van der Waals surface area contributed by atoms with E-state index >= 15 is 0 Å². The maximum Gasteiger partial charge on any atom is 0.372 e. The molecular formula is C12H21N3O6. The summed E-state index contributed by atoms with van der Waals surface area (Å²) in [5.74, 6) is -2.10. The van der Waals surface area contributed by atoms with Gasteiger partial charge in [0.25, 0.3) is 5.09 Å². The van der Waals surface area contributed by atoms with Crippen molar-refractivity contribution in [3.05, 3.63) is 10.1 Å². The van der Waals surface area contributed by atoms with Crippen molar-refractivity contribution in [2.45, 2.75) is 19.3 Å². The third-order valence-corrected chi connectivity index (χ3v) is 3.40. The van der Waals surface area contributed by atoms with Gasteiger partial charge in [0.2, 0.25) is 5.78 Å². The van der Waals surface area contributed by atoms with E-state index in [0.717, 1.165) is 39.3 Å². The Morgan fingerprint density at radius 1 is 1.10 bits per heavy atom. The Morgan fingerprint density at radius 3 is 2.10 bits per heavy atom. The normalized spacial score (nSPS) is 16.6. The summed E-state index contributed by atoms with van der Waals surface area (Å²) in [6.45, 7) is 5.05. The third kappa shape index (κ3) is 7.57. The molecule has 0 bridgehead atoms. The Labute approximate surface area is 122 Å². The van der Waals surface area contributed by atoms with E-state index in [9.17, 15) is 19.7 Å². The molecule has 1 fully saturated rings. The number of Topliss-reactive ketones (excluding diaryl/α,β-unsaturated/α-hetero) is 1. The molecule has 1 aliphatic heterocycles. The van der Waals surface area contributed by atoms with E-state index in [1.807, 2.05) is 0 Å². The Kier molecular flexibility index (Phi) is 7.62. The van der Waals surface area contributed by atoms with Gasteiger partial charge in [0.1, 0.15) is 0 Å². The van der Waals surface area contributed by atoms with Gasteiger partial charge in [-0.1, -0.05) is 0 Å². The zero-order chi connectivity index (χ0) is 15.7. The summed E-state index contributed by atoms with van der Waals surface area (Å²) in [5, 5.41) is 17.7. The average Bonchev–Trinajstić information content (AvgIpc) is 2.44. The molecule has 9 heteroatoms.